The summed E-state index contributed by atoms with van der Waals surface area (Å²) in [7, 11) is 0. The zero-order chi connectivity index (χ0) is 15.5. The van der Waals surface area contributed by atoms with Crippen LogP contribution in [0.2, 0.25) is 5.02 Å². The number of hydrogen-bond donors (Lipinski definition) is 0. The number of hydrogen-bond acceptors (Lipinski definition) is 3. The van der Waals surface area contributed by atoms with Gasteiger partial charge in [0.2, 0.25) is 0 Å². The molecular weight excluding hydrogens is 298 g/mol. The van der Waals surface area contributed by atoms with Crippen molar-refractivity contribution in [2.75, 3.05) is 6.54 Å². The molecule has 1 aromatic heterocycles. The van der Waals surface area contributed by atoms with Gasteiger partial charge in [0.25, 0.3) is 5.91 Å². The first-order valence-corrected chi connectivity index (χ1v) is 8.83. The number of amides is 1. The van der Waals surface area contributed by atoms with Crippen molar-refractivity contribution in [3.8, 4) is 0 Å². The molecule has 1 atom stereocenters. The molecule has 0 bridgehead atoms. The molecule has 120 valence electrons. The highest BCUT2D eigenvalue weighted by molar-refractivity contribution is 6.33. The summed E-state index contributed by atoms with van der Waals surface area (Å²) in [6.45, 7) is 2.62. The second-order valence-electron chi connectivity index (χ2n) is 6.65. The molecular formula is C17H24ClN3O. The molecule has 0 spiro atoms. The average Bonchev–Trinajstić information content (AvgIpc) is 2.98. The Kier molecular flexibility index (Phi) is 4.97. The van der Waals surface area contributed by atoms with Crippen LogP contribution in [-0.4, -0.2) is 33.4 Å². The fraction of sp³-hybridized carbons (Fsp3) is 0.706. The Morgan fingerprint density at radius 2 is 2.05 bits per heavy atom. The number of carbonyl (C=O) groups excluding carboxylic acids is 1. The third-order valence-electron chi connectivity index (χ3n) is 5.04. The first-order valence-electron chi connectivity index (χ1n) is 8.45. The summed E-state index contributed by atoms with van der Waals surface area (Å²) in [5, 5.41) is 0.360. The maximum atomic E-state index is 12.8. The fourth-order valence-electron chi connectivity index (χ4n) is 3.90. The third-order valence-corrected chi connectivity index (χ3v) is 5.31. The van der Waals surface area contributed by atoms with Gasteiger partial charge in [-0.25, -0.2) is 9.97 Å². The van der Waals surface area contributed by atoms with Crippen LogP contribution < -0.4 is 0 Å². The Morgan fingerprint density at radius 3 is 2.82 bits per heavy atom. The van der Waals surface area contributed by atoms with Crippen LogP contribution in [-0.2, 0) is 0 Å². The highest BCUT2D eigenvalue weighted by Gasteiger charge is 2.33. The van der Waals surface area contributed by atoms with Crippen molar-refractivity contribution in [1.82, 2.24) is 14.9 Å². The van der Waals surface area contributed by atoms with Crippen LogP contribution in [0.15, 0.2) is 6.20 Å². The van der Waals surface area contributed by atoms with E-state index in [0.717, 1.165) is 31.7 Å². The fourth-order valence-corrected chi connectivity index (χ4v) is 4.07. The van der Waals surface area contributed by atoms with E-state index in [4.69, 9.17) is 11.6 Å². The molecule has 1 aliphatic heterocycles. The molecule has 0 aromatic carbocycles. The third kappa shape index (κ3) is 3.43. The van der Waals surface area contributed by atoms with Gasteiger partial charge in [0.05, 0.1) is 11.2 Å². The van der Waals surface area contributed by atoms with Crippen molar-refractivity contribution in [3.63, 3.8) is 0 Å². The van der Waals surface area contributed by atoms with Crippen molar-refractivity contribution in [3.05, 3.63) is 22.7 Å². The number of nitrogens with zero attached hydrogens (tertiary/aromatic N) is 3. The van der Waals surface area contributed by atoms with Gasteiger partial charge in [0, 0.05) is 12.6 Å². The minimum absolute atomic E-state index is 0.0196. The van der Waals surface area contributed by atoms with Crippen LogP contribution in [0.25, 0.3) is 0 Å². The van der Waals surface area contributed by atoms with Gasteiger partial charge in [-0.15, -0.1) is 0 Å². The second kappa shape index (κ2) is 6.95. The van der Waals surface area contributed by atoms with Crippen LogP contribution in [0, 0.1) is 12.8 Å². The molecule has 4 nitrogen and oxygen atoms in total. The zero-order valence-electron chi connectivity index (χ0n) is 13.2. The maximum Gasteiger partial charge on any atom is 0.274 e. The second-order valence-corrected chi connectivity index (χ2v) is 7.06. The quantitative estimate of drug-likeness (QED) is 0.845. The van der Waals surface area contributed by atoms with Crippen LogP contribution >= 0.6 is 11.6 Å². The number of aryl methyl sites for hydroxylation is 1. The van der Waals surface area contributed by atoms with E-state index < -0.39 is 0 Å². The number of carbonyl (C=O) groups is 1. The van der Waals surface area contributed by atoms with E-state index >= 15 is 0 Å². The molecule has 2 fully saturated rings. The molecule has 5 heteroatoms. The van der Waals surface area contributed by atoms with Gasteiger partial charge in [-0.05, 0) is 32.1 Å². The Bertz CT molecular complexity index is 543. The van der Waals surface area contributed by atoms with Crippen LogP contribution in [0.1, 0.15) is 67.7 Å². The maximum absolute atomic E-state index is 12.8. The van der Waals surface area contributed by atoms with Gasteiger partial charge in [0.15, 0.2) is 5.69 Å². The molecule has 0 radical (unpaired) electrons. The minimum Gasteiger partial charge on any atom is -0.334 e. The zero-order valence-corrected chi connectivity index (χ0v) is 14.0. The van der Waals surface area contributed by atoms with E-state index in [0.29, 0.717) is 22.6 Å². The SMILES string of the molecule is Cc1ncc(Cl)c(C(=O)N2CCCC2CC2CCCCC2)n1. The summed E-state index contributed by atoms with van der Waals surface area (Å²) < 4.78 is 0. The molecule has 1 amide bonds. The lowest BCUT2D eigenvalue weighted by atomic mass is 9.84. The molecule has 1 unspecified atom stereocenters. The Balaban J connectivity index is 1.71. The van der Waals surface area contributed by atoms with E-state index in [1.54, 1.807) is 6.92 Å². The van der Waals surface area contributed by atoms with Crippen molar-refractivity contribution >= 4 is 17.5 Å². The van der Waals surface area contributed by atoms with Crippen molar-refractivity contribution in [1.29, 1.82) is 0 Å². The lowest BCUT2D eigenvalue weighted by molar-refractivity contribution is 0.0705. The van der Waals surface area contributed by atoms with Gasteiger partial charge in [-0.1, -0.05) is 43.7 Å². The van der Waals surface area contributed by atoms with Crippen molar-refractivity contribution in [2.24, 2.45) is 5.92 Å². The average molecular weight is 322 g/mol. The lowest BCUT2D eigenvalue weighted by Crippen LogP contribution is -2.37. The number of aromatic nitrogens is 2. The summed E-state index contributed by atoms with van der Waals surface area (Å²) in [5.41, 5.74) is 0.365. The highest BCUT2D eigenvalue weighted by atomic mass is 35.5. The molecule has 1 aliphatic carbocycles. The summed E-state index contributed by atoms with van der Waals surface area (Å²) >= 11 is 6.14. The number of rotatable bonds is 3. The first kappa shape index (κ1) is 15.7. The lowest BCUT2D eigenvalue weighted by Gasteiger charge is -2.30. The first-order chi connectivity index (χ1) is 10.6. The summed E-state index contributed by atoms with van der Waals surface area (Å²) in [6, 6.07) is 0.363. The van der Waals surface area contributed by atoms with E-state index in [2.05, 4.69) is 9.97 Å². The molecule has 3 rings (SSSR count). The molecule has 2 heterocycles. The Morgan fingerprint density at radius 1 is 1.27 bits per heavy atom. The molecule has 0 N–H and O–H groups in total. The molecule has 1 aromatic rings. The summed E-state index contributed by atoms with van der Waals surface area (Å²) in [4.78, 5) is 23.1. The van der Waals surface area contributed by atoms with Crippen molar-refractivity contribution in [2.45, 2.75) is 64.3 Å². The van der Waals surface area contributed by atoms with E-state index in [9.17, 15) is 4.79 Å². The molecule has 1 saturated carbocycles. The Labute approximate surface area is 137 Å². The number of likely N-dealkylation sites (tertiary alicyclic amines) is 1. The largest absolute Gasteiger partial charge is 0.334 e. The topological polar surface area (TPSA) is 46.1 Å². The van der Waals surface area contributed by atoms with Gasteiger partial charge in [-0.2, -0.15) is 0 Å². The van der Waals surface area contributed by atoms with E-state index in [-0.39, 0.29) is 5.91 Å². The van der Waals surface area contributed by atoms with Crippen LogP contribution in [0.5, 0.6) is 0 Å². The van der Waals surface area contributed by atoms with Gasteiger partial charge in [0.1, 0.15) is 5.82 Å². The van der Waals surface area contributed by atoms with E-state index in [1.807, 2.05) is 4.90 Å². The predicted molar refractivity (Wildman–Crippen MR) is 87.0 cm³/mol. The smallest absolute Gasteiger partial charge is 0.274 e. The van der Waals surface area contributed by atoms with Gasteiger partial charge < -0.3 is 4.90 Å². The van der Waals surface area contributed by atoms with Crippen LogP contribution in [0.4, 0.5) is 0 Å². The van der Waals surface area contributed by atoms with Crippen LogP contribution in [0.3, 0.4) is 0 Å². The molecule has 1 saturated heterocycles. The van der Waals surface area contributed by atoms with E-state index in [1.165, 1.54) is 38.3 Å². The number of halogens is 1. The highest BCUT2D eigenvalue weighted by Crippen LogP contribution is 2.33. The molecule has 2 aliphatic rings. The summed E-state index contributed by atoms with van der Waals surface area (Å²) in [5.74, 6) is 1.36. The molecule has 22 heavy (non-hydrogen) atoms. The predicted octanol–water partition coefficient (Wildman–Crippen LogP) is 4.01. The van der Waals surface area contributed by atoms with Gasteiger partial charge in [-0.3, -0.25) is 4.79 Å². The standard InChI is InChI=1S/C17H24ClN3O/c1-12-19-11-15(18)16(20-12)17(22)21-9-5-8-14(21)10-13-6-3-2-4-7-13/h11,13-14H,2-10H2,1H3. The normalized spacial score (nSPS) is 23.0. The summed E-state index contributed by atoms with van der Waals surface area (Å²) in [6.07, 6.45) is 11.6. The monoisotopic (exact) mass is 321 g/mol. The van der Waals surface area contributed by atoms with Gasteiger partial charge >= 0.3 is 0 Å². The Hall–Kier alpha value is -1.16. The van der Waals surface area contributed by atoms with Crippen molar-refractivity contribution < 1.29 is 4.79 Å². The minimum atomic E-state index is -0.0196.